The molecule has 0 aliphatic heterocycles. The SMILES string of the molecule is CC(C=COOC(C)(C)C)CC(C)(C)C. The topological polar surface area (TPSA) is 18.5 Å². The minimum absolute atomic E-state index is 0.252. The van der Waals surface area contributed by atoms with Crippen LogP contribution in [0.4, 0.5) is 0 Å². The van der Waals surface area contributed by atoms with E-state index >= 15 is 0 Å². The second-order valence-corrected chi connectivity index (χ2v) is 6.36. The fraction of sp³-hybridized carbons (Fsp3) is 0.846. The predicted octanol–water partition coefficient (Wildman–Crippen LogP) is 4.32. The second-order valence-electron chi connectivity index (χ2n) is 6.36. The van der Waals surface area contributed by atoms with Gasteiger partial charge >= 0.3 is 0 Å². The molecule has 2 nitrogen and oxygen atoms in total. The Kier molecular flexibility index (Phi) is 5.36. The number of rotatable bonds is 4. The molecule has 0 rings (SSSR count). The Morgan fingerprint density at radius 2 is 1.60 bits per heavy atom. The summed E-state index contributed by atoms with van der Waals surface area (Å²) in [7, 11) is 0. The van der Waals surface area contributed by atoms with Gasteiger partial charge < -0.3 is 4.89 Å². The van der Waals surface area contributed by atoms with E-state index in [1.54, 1.807) is 6.26 Å². The lowest BCUT2D eigenvalue weighted by Gasteiger charge is -2.21. The molecule has 0 aliphatic rings. The van der Waals surface area contributed by atoms with Gasteiger partial charge in [-0.05, 0) is 44.6 Å². The highest BCUT2D eigenvalue weighted by Crippen LogP contribution is 2.24. The molecular formula is C13H26O2. The molecule has 0 aromatic heterocycles. The van der Waals surface area contributed by atoms with E-state index < -0.39 is 0 Å². The van der Waals surface area contributed by atoms with Gasteiger partial charge in [0.15, 0.2) is 0 Å². The molecule has 0 spiro atoms. The summed E-state index contributed by atoms with van der Waals surface area (Å²) in [5.41, 5.74) is 0.103. The molecule has 0 aromatic carbocycles. The summed E-state index contributed by atoms with van der Waals surface area (Å²) in [6.07, 6.45) is 4.82. The molecule has 2 heteroatoms. The van der Waals surface area contributed by atoms with Crippen molar-refractivity contribution >= 4 is 0 Å². The average Bonchev–Trinajstić information content (AvgIpc) is 1.92. The zero-order valence-electron chi connectivity index (χ0n) is 11.3. The maximum atomic E-state index is 5.12. The van der Waals surface area contributed by atoms with E-state index in [2.05, 4.69) is 27.7 Å². The molecule has 15 heavy (non-hydrogen) atoms. The molecule has 0 aromatic rings. The summed E-state index contributed by atoms with van der Waals surface area (Å²) in [6, 6.07) is 0. The molecule has 0 fully saturated rings. The van der Waals surface area contributed by atoms with Crippen LogP contribution in [0.5, 0.6) is 0 Å². The summed E-state index contributed by atoms with van der Waals surface area (Å²) in [5.74, 6) is 0.508. The summed E-state index contributed by atoms with van der Waals surface area (Å²) in [5, 5.41) is 0. The van der Waals surface area contributed by atoms with Crippen molar-refractivity contribution in [3.05, 3.63) is 12.3 Å². The van der Waals surface area contributed by atoms with Crippen molar-refractivity contribution in [2.45, 2.75) is 60.5 Å². The fourth-order valence-electron chi connectivity index (χ4n) is 1.37. The minimum atomic E-state index is -0.252. The number of hydrogen-bond donors (Lipinski definition) is 0. The first-order chi connectivity index (χ1) is 6.60. The Hall–Kier alpha value is -0.500. The van der Waals surface area contributed by atoms with E-state index in [1.807, 2.05) is 26.8 Å². The quantitative estimate of drug-likeness (QED) is 0.394. The first-order valence-corrected chi connectivity index (χ1v) is 5.61. The van der Waals surface area contributed by atoms with Crippen molar-refractivity contribution in [2.24, 2.45) is 11.3 Å². The maximum absolute atomic E-state index is 5.12. The lowest BCUT2D eigenvalue weighted by molar-refractivity contribution is -0.310. The number of hydrogen-bond acceptors (Lipinski definition) is 2. The lowest BCUT2D eigenvalue weighted by atomic mass is 9.85. The molecule has 90 valence electrons. The minimum Gasteiger partial charge on any atom is -0.345 e. The van der Waals surface area contributed by atoms with Gasteiger partial charge in [0.25, 0.3) is 0 Å². The van der Waals surface area contributed by atoms with Crippen LogP contribution in [0, 0.1) is 11.3 Å². The fourth-order valence-corrected chi connectivity index (χ4v) is 1.37. The largest absolute Gasteiger partial charge is 0.345 e. The van der Waals surface area contributed by atoms with Crippen molar-refractivity contribution < 1.29 is 9.78 Å². The number of allylic oxidation sites excluding steroid dienone is 1. The monoisotopic (exact) mass is 214 g/mol. The third-order valence-corrected chi connectivity index (χ3v) is 1.70. The molecule has 0 bridgehead atoms. The molecule has 0 radical (unpaired) electrons. The van der Waals surface area contributed by atoms with Gasteiger partial charge in [0.1, 0.15) is 11.9 Å². The van der Waals surface area contributed by atoms with E-state index in [0.29, 0.717) is 11.3 Å². The van der Waals surface area contributed by atoms with Gasteiger partial charge in [-0.15, -0.1) is 0 Å². The Balaban J connectivity index is 3.78. The Morgan fingerprint density at radius 3 is 2.00 bits per heavy atom. The van der Waals surface area contributed by atoms with E-state index in [9.17, 15) is 0 Å². The first-order valence-electron chi connectivity index (χ1n) is 5.61. The van der Waals surface area contributed by atoms with Crippen LogP contribution in [0.15, 0.2) is 12.3 Å². The molecule has 0 aliphatic carbocycles. The third-order valence-electron chi connectivity index (χ3n) is 1.70. The van der Waals surface area contributed by atoms with Gasteiger partial charge in [-0.1, -0.05) is 27.7 Å². The van der Waals surface area contributed by atoms with Crippen LogP contribution >= 0.6 is 0 Å². The standard InChI is InChI=1S/C13H26O2/c1-11(10-12(2,3)4)8-9-14-15-13(5,6)7/h8-9,11H,10H2,1-7H3. The molecule has 1 unspecified atom stereocenters. The average molecular weight is 214 g/mol. The molecule has 0 N–H and O–H groups in total. The Morgan fingerprint density at radius 1 is 1.07 bits per heavy atom. The van der Waals surface area contributed by atoms with Crippen LogP contribution in [0.1, 0.15) is 54.9 Å². The van der Waals surface area contributed by atoms with Crippen LogP contribution in [0.2, 0.25) is 0 Å². The molecule has 0 amide bonds. The van der Waals surface area contributed by atoms with E-state index in [-0.39, 0.29) is 5.60 Å². The third kappa shape index (κ3) is 11.4. The summed E-state index contributed by atoms with van der Waals surface area (Å²) in [6.45, 7) is 14.8. The van der Waals surface area contributed by atoms with Crippen LogP contribution < -0.4 is 0 Å². The van der Waals surface area contributed by atoms with Crippen molar-refractivity contribution in [1.82, 2.24) is 0 Å². The van der Waals surface area contributed by atoms with Gasteiger partial charge in [-0.25, -0.2) is 0 Å². The Bertz CT molecular complexity index is 194. The van der Waals surface area contributed by atoms with E-state index in [1.165, 1.54) is 0 Å². The zero-order valence-corrected chi connectivity index (χ0v) is 11.3. The van der Waals surface area contributed by atoms with Crippen LogP contribution in [0.3, 0.4) is 0 Å². The van der Waals surface area contributed by atoms with Gasteiger partial charge in [0, 0.05) is 0 Å². The second kappa shape index (κ2) is 5.55. The lowest BCUT2D eigenvalue weighted by Crippen LogP contribution is -2.17. The first kappa shape index (κ1) is 14.5. The van der Waals surface area contributed by atoms with Gasteiger partial charge in [-0.2, -0.15) is 4.89 Å². The van der Waals surface area contributed by atoms with Crippen molar-refractivity contribution in [1.29, 1.82) is 0 Å². The van der Waals surface area contributed by atoms with Crippen LogP contribution in [-0.4, -0.2) is 5.60 Å². The summed E-state index contributed by atoms with van der Waals surface area (Å²) >= 11 is 0. The van der Waals surface area contributed by atoms with E-state index in [4.69, 9.17) is 9.78 Å². The van der Waals surface area contributed by atoms with Gasteiger partial charge in [0.2, 0.25) is 0 Å². The molecular weight excluding hydrogens is 188 g/mol. The predicted molar refractivity (Wildman–Crippen MR) is 64.3 cm³/mol. The van der Waals surface area contributed by atoms with E-state index in [0.717, 1.165) is 6.42 Å². The molecule has 0 saturated carbocycles. The van der Waals surface area contributed by atoms with Crippen molar-refractivity contribution in [3.63, 3.8) is 0 Å². The van der Waals surface area contributed by atoms with Crippen molar-refractivity contribution in [2.75, 3.05) is 0 Å². The highest BCUT2D eigenvalue weighted by atomic mass is 17.2. The maximum Gasteiger partial charge on any atom is 0.125 e. The summed E-state index contributed by atoms with van der Waals surface area (Å²) < 4.78 is 0. The summed E-state index contributed by atoms with van der Waals surface area (Å²) in [4.78, 5) is 10.1. The normalized spacial score (nSPS) is 15.7. The van der Waals surface area contributed by atoms with Gasteiger partial charge in [-0.3, -0.25) is 0 Å². The highest BCUT2D eigenvalue weighted by Gasteiger charge is 2.14. The Labute approximate surface area is 94.6 Å². The van der Waals surface area contributed by atoms with Crippen molar-refractivity contribution in [3.8, 4) is 0 Å². The molecule has 0 saturated heterocycles. The van der Waals surface area contributed by atoms with Crippen LogP contribution in [-0.2, 0) is 9.78 Å². The molecule has 0 heterocycles. The van der Waals surface area contributed by atoms with Gasteiger partial charge in [0.05, 0.1) is 0 Å². The zero-order chi connectivity index (χ0) is 12.1. The highest BCUT2D eigenvalue weighted by molar-refractivity contribution is 4.82. The molecule has 1 atom stereocenters. The van der Waals surface area contributed by atoms with Crippen LogP contribution in [0.25, 0.3) is 0 Å². The smallest absolute Gasteiger partial charge is 0.125 e.